The van der Waals surface area contributed by atoms with E-state index in [1.165, 1.54) is 12.1 Å². The maximum atomic E-state index is 14.0. The fourth-order valence-corrected chi connectivity index (χ4v) is 2.38. The minimum Gasteiger partial charge on any atom is -0.313 e. The second kappa shape index (κ2) is 6.45. The highest BCUT2D eigenvalue weighted by molar-refractivity contribution is 5.41. The van der Waals surface area contributed by atoms with E-state index in [0.29, 0.717) is 17.5 Å². The molecule has 0 heterocycles. The van der Waals surface area contributed by atoms with Gasteiger partial charge >= 0.3 is 0 Å². The van der Waals surface area contributed by atoms with Crippen molar-refractivity contribution in [1.82, 2.24) is 5.32 Å². The Morgan fingerprint density at radius 3 is 2.67 bits per heavy atom. The van der Waals surface area contributed by atoms with Crippen LogP contribution in [0.15, 0.2) is 42.5 Å². The first-order valence-electron chi connectivity index (χ1n) is 6.68. The Balaban J connectivity index is 2.36. The van der Waals surface area contributed by atoms with Crippen molar-refractivity contribution in [1.29, 1.82) is 0 Å². The van der Waals surface area contributed by atoms with Crippen molar-refractivity contribution < 1.29 is 9.31 Å². The molecule has 5 heteroatoms. The summed E-state index contributed by atoms with van der Waals surface area (Å²) in [7, 11) is 1.72. The standard InChI is InChI=1S/C16H17FN2O2/c1-11-7-8-14(17)13(9-11)15(18-2)10-12-5-3-4-6-16(12)19(20)21/h3-9,15,18H,10H2,1-2H3. The molecule has 1 unspecified atom stereocenters. The highest BCUT2D eigenvalue weighted by Crippen LogP contribution is 2.26. The van der Waals surface area contributed by atoms with Crippen LogP contribution in [-0.2, 0) is 6.42 Å². The number of aryl methyl sites for hydroxylation is 1. The summed E-state index contributed by atoms with van der Waals surface area (Å²) in [5.74, 6) is -0.307. The molecular formula is C16H17FN2O2. The maximum absolute atomic E-state index is 14.0. The fraction of sp³-hybridized carbons (Fsp3) is 0.250. The van der Waals surface area contributed by atoms with Gasteiger partial charge in [-0.15, -0.1) is 0 Å². The number of benzene rings is 2. The Bertz CT molecular complexity index is 658. The highest BCUT2D eigenvalue weighted by atomic mass is 19.1. The summed E-state index contributed by atoms with van der Waals surface area (Å²) in [4.78, 5) is 10.7. The van der Waals surface area contributed by atoms with E-state index >= 15 is 0 Å². The SMILES string of the molecule is CNC(Cc1ccccc1[N+](=O)[O-])c1cc(C)ccc1F. The van der Waals surface area contributed by atoms with Gasteiger partial charge in [-0.1, -0.05) is 35.9 Å². The van der Waals surface area contributed by atoms with Crippen molar-refractivity contribution >= 4 is 5.69 Å². The first kappa shape index (κ1) is 15.1. The third-order valence-electron chi connectivity index (χ3n) is 3.49. The van der Waals surface area contributed by atoms with Crippen LogP contribution in [0, 0.1) is 22.9 Å². The Morgan fingerprint density at radius 1 is 1.29 bits per heavy atom. The largest absolute Gasteiger partial charge is 0.313 e. The number of para-hydroxylation sites is 1. The van der Waals surface area contributed by atoms with E-state index in [1.54, 1.807) is 37.4 Å². The van der Waals surface area contributed by atoms with E-state index in [1.807, 2.05) is 6.92 Å². The lowest BCUT2D eigenvalue weighted by atomic mass is 9.96. The van der Waals surface area contributed by atoms with Crippen LogP contribution in [0.1, 0.15) is 22.7 Å². The van der Waals surface area contributed by atoms with E-state index in [-0.39, 0.29) is 17.5 Å². The Kier molecular flexibility index (Phi) is 4.65. The molecule has 0 bridgehead atoms. The minimum atomic E-state index is -0.408. The topological polar surface area (TPSA) is 55.2 Å². The second-order valence-corrected chi connectivity index (χ2v) is 4.96. The smallest absolute Gasteiger partial charge is 0.272 e. The third kappa shape index (κ3) is 3.44. The molecule has 2 aromatic carbocycles. The Labute approximate surface area is 122 Å². The molecule has 4 nitrogen and oxygen atoms in total. The zero-order valence-corrected chi connectivity index (χ0v) is 12.0. The maximum Gasteiger partial charge on any atom is 0.272 e. The van der Waals surface area contributed by atoms with Gasteiger partial charge < -0.3 is 5.32 Å². The number of hydrogen-bond acceptors (Lipinski definition) is 3. The number of hydrogen-bond donors (Lipinski definition) is 1. The quantitative estimate of drug-likeness (QED) is 0.676. The lowest BCUT2D eigenvalue weighted by molar-refractivity contribution is -0.385. The van der Waals surface area contributed by atoms with E-state index < -0.39 is 4.92 Å². The van der Waals surface area contributed by atoms with Crippen LogP contribution < -0.4 is 5.32 Å². The minimum absolute atomic E-state index is 0.0609. The van der Waals surface area contributed by atoms with Crippen LogP contribution in [-0.4, -0.2) is 12.0 Å². The lowest BCUT2D eigenvalue weighted by Crippen LogP contribution is -2.20. The molecule has 0 fully saturated rings. The summed E-state index contributed by atoms with van der Waals surface area (Å²) in [5, 5.41) is 14.1. The molecule has 2 aromatic rings. The van der Waals surface area contributed by atoms with Gasteiger partial charge in [-0.25, -0.2) is 4.39 Å². The molecule has 2 rings (SSSR count). The molecule has 21 heavy (non-hydrogen) atoms. The molecule has 0 saturated heterocycles. The predicted octanol–water partition coefficient (Wildman–Crippen LogP) is 3.55. The second-order valence-electron chi connectivity index (χ2n) is 4.96. The molecule has 0 saturated carbocycles. The molecule has 0 aliphatic carbocycles. The van der Waals surface area contributed by atoms with E-state index in [0.717, 1.165) is 5.56 Å². The van der Waals surface area contributed by atoms with Crippen LogP contribution in [0.3, 0.4) is 0 Å². The number of rotatable bonds is 5. The number of likely N-dealkylation sites (N-methyl/N-ethyl adjacent to an activating group) is 1. The summed E-state index contributed by atoms with van der Waals surface area (Å²) < 4.78 is 14.0. The zero-order chi connectivity index (χ0) is 15.4. The van der Waals surface area contributed by atoms with Gasteiger partial charge in [0, 0.05) is 23.2 Å². The molecule has 0 aliphatic heterocycles. The van der Waals surface area contributed by atoms with Crippen LogP contribution in [0.4, 0.5) is 10.1 Å². The summed E-state index contributed by atoms with van der Waals surface area (Å²) in [5.41, 5.74) is 2.12. The zero-order valence-electron chi connectivity index (χ0n) is 12.0. The molecule has 0 aromatic heterocycles. The van der Waals surface area contributed by atoms with E-state index in [4.69, 9.17) is 0 Å². The Hall–Kier alpha value is -2.27. The molecule has 1 atom stereocenters. The molecule has 0 amide bonds. The van der Waals surface area contributed by atoms with Gasteiger partial charge in [0.05, 0.1) is 4.92 Å². The molecule has 0 spiro atoms. The molecule has 0 aliphatic rings. The number of nitrogens with one attached hydrogen (secondary N) is 1. The average Bonchev–Trinajstić information content (AvgIpc) is 2.47. The fourth-order valence-electron chi connectivity index (χ4n) is 2.38. The van der Waals surface area contributed by atoms with Crippen molar-refractivity contribution in [2.24, 2.45) is 0 Å². The van der Waals surface area contributed by atoms with Crippen LogP contribution in [0.2, 0.25) is 0 Å². The van der Waals surface area contributed by atoms with E-state index in [2.05, 4.69) is 5.32 Å². The van der Waals surface area contributed by atoms with Gasteiger partial charge in [0.1, 0.15) is 5.82 Å². The summed E-state index contributed by atoms with van der Waals surface area (Å²) in [6, 6.07) is 11.1. The molecule has 1 N–H and O–H groups in total. The number of nitrogens with zero attached hydrogens (tertiary/aromatic N) is 1. The lowest BCUT2D eigenvalue weighted by Gasteiger charge is -2.18. The van der Waals surface area contributed by atoms with Gasteiger partial charge in [-0.3, -0.25) is 10.1 Å². The normalized spacial score (nSPS) is 12.1. The van der Waals surface area contributed by atoms with Crippen LogP contribution in [0.25, 0.3) is 0 Å². The first-order valence-corrected chi connectivity index (χ1v) is 6.68. The predicted molar refractivity (Wildman–Crippen MR) is 79.7 cm³/mol. The summed E-state index contributed by atoms with van der Waals surface area (Å²) in [6.45, 7) is 1.89. The van der Waals surface area contributed by atoms with E-state index in [9.17, 15) is 14.5 Å². The molecular weight excluding hydrogens is 271 g/mol. The third-order valence-corrected chi connectivity index (χ3v) is 3.49. The van der Waals surface area contributed by atoms with Gasteiger partial charge in [0.25, 0.3) is 5.69 Å². The van der Waals surface area contributed by atoms with Gasteiger partial charge in [0.2, 0.25) is 0 Å². The van der Waals surface area contributed by atoms with Crippen molar-refractivity contribution in [3.05, 3.63) is 75.1 Å². The monoisotopic (exact) mass is 288 g/mol. The van der Waals surface area contributed by atoms with Crippen molar-refractivity contribution in [2.75, 3.05) is 7.05 Å². The van der Waals surface area contributed by atoms with Crippen molar-refractivity contribution in [2.45, 2.75) is 19.4 Å². The first-order chi connectivity index (χ1) is 10.0. The van der Waals surface area contributed by atoms with Gasteiger partial charge in [-0.05, 0) is 26.5 Å². The van der Waals surface area contributed by atoms with Crippen molar-refractivity contribution in [3.63, 3.8) is 0 Å². The number of nitro groups is 1. The molecule has 110 valence electrons. The van der Waals surface area contributed by atoms with Crippen LogP contribution >= 0.6 is 0 Å². The highest BCUT2D eigenvalue weighted by Gasteiger charge is 2.20. The van der Waals surface area contributed by atoms with Gasteiger partial charge in [-0.2, -0.15) is 0 Å². The molecule has 0 radical (unpaired) electrons. The van der Waals surface area contributed by atoms with Crippen molar-refractivity contribution in [3.8, 4) is 0 Å². The number of nitro benzene ring substituents is 1. The summed E-state index contributed by atoms with van der Waals surface area (Å²) in [6.07, 6.45) is 0.355. The average molecular weight is 288 g/mol. The van der Waals surface area contributed by atoms with Gasteiger partial charge in [0.15, 0.2) is 0 Å². The number of halogens is 1. The Morgan fingerprint density at radius 2 is 2.00 bits per heavy atom. The van der Waals surface area contributed by atoms with Crippen LogP contribution in [0.5, 0.6) is 0 Å². The summed E-state index contributed by atoms with van der Waals surface area (Å²) >= 11 is 0.